The van der Waals surface area contributed by atoms with Crippen LogP contribution in [0.1, 0.15) is 71.6 Å². The smallest absolute Gasteiger partial charge is 0.407 e. The number of ketones is 1. The predicted molar refractivity (Wildman–Crippen MR) is 82.1 cm³/mol. The molecule has 0 aromatic carbocycles. The Bertz CT molecular complexity index is 372. The van der Waals surface area contributed by atoms with Crippen molar-refractivity contribution < 1.29 is 14.3 Å². The molecule has 0 heterocycles. The van der Waals surface area contributed by atoms with Crippen LogP contribution in [0.3, 0.4) is 0 Å². The zero-order valence-electron chi connectivity index (χ0n) is 13.5. The molecule has 0 saturated heterocycles. The second-order valence-corrected chi connectivity index (χ2v) is 7.34. The number of unbranched alkanes of at least 4 members (excludes halogenated alkanes) is 1. The molecular weight excluding hydrogens is 266 g/mol. The van der Waals surface area contributed by atoms with Crippen molar-refractivity contribution >= 4 is 11.9 Å². The van der Waals surface area contributed by atoms with Crippen molar-refractivity contribution in [2.24, 2.45) is 11.3 Å². The number of hydrogen-bond donors (Lipinski definition) is 1. The largest absolute Gasteiger partial charge is 0.450 e. The summed E-state index contributed by atoms with van der Waals surface area (Å²) < 4.78 is 5.18. The van der Waals surface area contributed by atoms with Gasteiger partial charge in [-0.1, -0.05) is 52.4 Å². The van der Waals surface area contributed by atoms with Gasteiger partial charge in [-0.2, -0.15) is 0 Å². The zero-order chi connectivity index (χ0) is 15.3. The number of nitrogens with one attached hydrogen (secondary N) is 1. The second kappa shape index (κ2) is 7.28. The van der Waals surface area contributed by atoms with Gasteiger partial charge in [0.2, 0.25) is 0 Å². The van der Waals surface area contributed by atoms with E-state index in [1.807, 2.05) is 13.8 Å². The summed E-state index contributed by atoms with van der Waals surface area (Å²) in [6.07, 6.45) is 10.3. The minimum Gasteiger partial charge on any atom is -0.450 e. The molecule has 1 amide bonds. The lowest BCUT2D eigenvalue weighted by molar-refractivity contribution is -0.135. The number of rotatable bonds is 6. The fourth-order valence-corrected chi connectivity index (χ4v) is 3.57. The Kier molecular flexibility index (Phi) is 5.65. The van der Waals surface area contributed by atoms with E-state index in [9.17, 15) is 9.59 Å². The molecule has 2 saturated carbocycles. The summed E-state index contributed by atoms with van der Waals surface area (Å²) in [4.78, 5) is 23.1. The Morgan fingerprint density at radius 3 is 2.57 bits per heavy atom. The molecule has 0 aliphatic heterocycles. The van der Waals surface area contributed by atoms with Crippen LogP contribution in [0.4, 0.5) is 4.79 Å². The summed E-state index contributed by atoms with van der Waals surface area (Å²) in [6.45, 7) is 4.44. The highest BCUT2D eigenvalue weighted by Crippen LogP contribution is 2.37. The van der Waals surface area contributed by atoms with Gasteiger partial charge in [0, 0.05) is 6.42 Å². The van der Waals surface area contributed by atoms with Gasteiger partial charge in [-0.3, -0.25) is 4.79 Å². The van der Waals surface area contributed by atoms with Crippen molar-refractivity contribution in [2.45, 2.75) is 77.7 Å². The average Bonchev–Trinajstić information content (AvgIpc) is 2.45. The molecule has 0 aromatic heterocycles. The predicted octanol–water partition coefficient (Wildman–Crippen LogP) is 3.83. The van der Waals surface area contributed by atoms with Gasteiger partial charge >= 0.3 is 6.09 Å². The first-order chi connectivity index (χ1) is 9.99. The maximum atomic E-state index is 11.7. The van der Waals surface area contributed by atoms with Crippen molar-refractivity contribution in [3.8, 4) is 0 Å². The minimum atomic E-state index is -0.446. The second-order valence-electron chi connectivity index (χ2n) is 7.34. The first-order valence-electron chi connectivity index (χ1n) is 8.45. The summed E-state index contributed by atoms with van der Waals surface area (Å²) in [5.74, 6) is 0.996. The third-order valence-corrected chi connectivity index (χ3v) is 4.96. The van der Waals surface area contributed by atoms with Crippen LogP contribution in [0, 0.1) is 11.3 Å². The van der Waals surface area contributed by atoms with Gasteiger partial charge in [0.15, 0.2) is 5.78 Å². The van der Waals surface area contributed by atoms with Gasteiger partial charge in [0.1, 0.15) is 0 Å². The Labute approximate surface area is 128 Å². The molecule has 0 unspecified atom stereocenters. The van der Waals surface area contributed by atoms with Crippen LogP contribution in [-0.4, -0.2) is 24.5 Å². The molecule has 2 aliphatic rings. The van der Waals surface area contributed by atoms with E-state index in [0.717, 1.165) is 18.8 Å². The van der Waals surface area contributed by atoms with E-state index < -0.39 is 6.09 Å². The highest BCUT2D eigenvalue weighted by atomic mass is 16.5. The van der Waals surface area contributed by atoms with Gasteiger partial charge < -0.3 is 10.1 Å². The molecule has 1 atom stereocenters. The van der Waals surface area contributed by atoms with Crippen molar-refractivity contribution in [3.05, 3.63) is 0 Å². The van der Waals surface area contributed by atoms with Crippen LogP contribution in [-0.2, 0) is 9.53 Å². The maximum absolute atomic E-state index is 11.7. The molecule has 120 valence electrons. The third kappa shape index (κ3) is 4.72. The van der Waals surface area contributed by atoms with E-state index >= 15 is 0 Å². The van der Waals surface area contributed by atoms with E-state index in [1.54, 1.807) is 0 Å². The summed E-state index contributed by atoms with van der Waals surface area (Å²) in [5.41, 5.74) is -0.128. The lowest BCUT2D eigenvalue weighted by Gasteiger charge is -2.42. The van der Waals surface area contributed by atoms with Gasteiger partial charge in [0.25, 0.3) is 0 Å². The van der Waals surface area contributed by atoms with E-state index in [-0.39, 0.29) is 17.2 Å². The molecular formula is C17H29NO3. The number of Topliss-reactive ketones (excluding diaryl/α,β-unsaturated/α-hetero) is 1. The average molecular weight is 295 g/mol. The molecule has 2 rings (SSSR count). The van der Waals surface area contributed by atoms with Crippen LogP contribution in [0.25, 0.3) is 0 Å². The molecule has 0 bridgehead atoms. The van der Waals surface area contributed by atoms with E-state index in [1.165, 1.54) is 38.5 Å². The lowest BCUT2D eigenvalue weighted by Crippen LogP contribution is -2.59. The SMILES string of the molecule is CC1(C)CC(=O)[C@@H]1NC(=O)OCCCCC1CCCCC1. The molecule has 21 heavy (non-hydrogen) atoms. The monoisotopic (exact) mass is 295 g/mol. The Morgan fingerprint density at radius 2 is 1.95 bits per heavy atom. The van der Waals surface area contributed by atoms with Crippen molar-refractivity contribution in [3.63, 3.8) is 0 Å². The molecule has 2 fully saturated rings. The van der Waals surface area contributed by atoms with Crippen molar-refractivity contribution in [2.75, 3.05) is 6.61 Å². The van der Waals surface area contributed by atoms with E-state index in [2.05, 4.69) is 5.32 Å². The van der Waals surface area contributed by atoms with Gasteiger partial charge in [0.05, 0.1) is 12.6 Å². The summed E-state index contributed by atoms with van der Waals surface area (Å²) in [7, 11) is 0. The van der Waals surface area contributed by atoms with E-state index in [4.69, 9.17) is 4.74 Å². The Hall–Kier alpha value is -1.06. The van der Waals surface area contributed by atoms with Gasteiger partial charge in [-0.25, -0.2) is 4.79 Å². The summed E-state index contributed by atoms with van der Waals surface area (Å²) in [5, 5.41) is 2.69. The molecule has 0 spiro atoms. The number of carbonyl (C=O) groups is 2. The van der Waals surface area contributed by atoms with Crippen LogP contribution < -0.4 is 5.32 Å². The standard InChI is InChI=1S/C17H29NO3/c1-17(2)12-14(19)15(17)18-16(20)21-11-7-6-10-13-8-4-3-5-9-13/h13,15H,3-12H2,1-2H3,(H,18,20)/t15-/m0/s1. The van der Waals surface area contributed by atoms with Crippen molar-refractivity contribution in [1.82, 2.24) is 5.32 Å². The molecule has 4 nitrogen and oxygen atoms in total. The molecule has 2 aliphatic carbocycles. The Morgan fingerprint density at radius 1 is 1.24 bits per heavy atom. The first-order valence-corrected chi connectivity index (χ1v) is 8.45. The fraction of sp³-hybridized carbons (Fsp3) is 0.882. The van der Waals surface area contributed by atoms with Crippen LogP contribution >= 0.6 is 0 Å². The van der Waals surface area contributed by atoms with Gasteiger partial charge in [-0.05, 0) is 24.2 Å². The third-order valence-electron chi connectivity index (χ3n) is 4.96. The van der Waals surface area contributed by atoms with Crippen LogP contribution in [0.15, 0.2) is 0 Å². The van der Waals surface area contributed by atoms with E-state index in [0.29, 0.717) is 13.0 Å². The number of alkyl carbamates (subject to hydrolysis) is 1. The zero-order valence-corrected chi connectivity index (χ0v) is 13.5. The number of amides is 1. The maximum Gasteiger partial charge on any atom is 0.407 e. The van der Waals surface area contributed by atoms with Crippen molar-refractivity contribution in [1.29, 1.82) is 0 Å². The van der Waals surface area contributed by atoms with Crippen LogP contribution in [0.5, 0.6) is 0 Å². The quantitative estimate of drug-likeness (QED) is 0.758. The van der Waals surface area contributed by atoms with Crippen LogP contribution in [0.2, 0.25) is 0 Å². The summed E-state index contributed by atoms with van der Waals surface area (Å²) in [6, 6.07) is -0.368. The summed E-state index contributed by atoms with van der Waals surface area (Å²) >= 11 is 0. The number of carbonyl (C=O) groups excluding carboxylic acids is 2. The highest BCUT2D eigenvalue weighted by Gasteiger charge is 2.47. The topological polar surface area (TPSA) is 55.4 Å². The fourth-order valence-electron chi connectivity index (χ4n) is 3.57. The molecule has 0 aromatic rings. The molecule has 0 radical (unpaired) electrons. The van der Waals surface area contributed by atoms with Gasteiger partial charge in [-0.15, -0.1) is 0 Å². The first kappa shape index (κ1) is 16.3. The Balaban J connectivity index is 1.52. The minimum absolute atomic E-state index is 0.106. The molecule has 4 heteroatoms. The lowest BCUT2D eigenvalue weighted by atomic mass is 9.66. The molecule has 1 N–H and O–H groups in total. The highest BCUT2D eigenvalue weighted by molar-refractivity contribution is 5.94. The normalized spacial score (nSPS) is 25.2. The number of ether oxygens (including phenoxy) is 1. The number of hydrogen-bond acceptors (Lipinski definition) is 3.